The third-order valence-corrected chi connectivity index (χ3v) is 3.37. The van der Waals surface area contributed by atoms with Gasteiger partial charge in [-0.2, -0.15) is 5.10 Å². The van der Waals surface area contributed by atoms with Crippen LogP contribution in [0.1, 0.15) is 10.5 Å². The van der Waals surface area contributed by atoms with Gasteiger partial charge in [-0.25, -0.2) is 0 Å². The van der Waals surface area contributed by atoms with Crippen molar-refractivity contribution in [2.24, 2.45) is 0 Å². The molecule has 0 N–H and O–H groups in total. The summed E-state index contributed by atoms with van der Waals surface area (Å²) in [6.07, 6.45) is 1.01. The van der Waals surface area contributed by atoms with Gasteiger partial charge >= 0.3 is 0 Å². The molecule has 6 nitrogen and oxygen atoms in total. The van der Waals surface area contributed by atoms with Crippen LogP contribution in [0.25, 0.3) is 0 Å². The van der Waals surface area contributed by atoms with Gasteiger partial charge in [0.2, 0.25) is 5.78 Å². The number of hydrogen-bond donors (Lipinski definition) is 0. The Morgan fingerprint density at radius 1 is 1.68 bits per heavy atom. The second kappa shape index (κ2) is 6.47. The Kier molecular flexibility index (Phi) is 4.93. The van der Waals surface area contributed by atoms with E-state index in [1.54, 1.807) is 11.8 Å². The Morgan fingerprint density at radius 3 is 3.16 bits per heavy atom. The Morgan fingerprint density at radius 2 is 2.47 bits per heavy atom. The van der Waals surface area contributed by atoms with Crippen molar-refractivity contribution in [1.29, 1.82) is 0 Å². The molecule has 1 aromatic heterocycles. The number of methoxy groups -OCH3 is 1. The number of nitrogens with zero attached hydrogens (tertiary/aromatic N) is 3. The summed E-state index contributed by atoms with van der Waals surface area (Å²) in [6.45, 7) is 2.93. The van der Waals surface area contributed by atoms with E-state index < -0.39 is 6.10 Å². The molecule has 0 radical (unpaired) electrons. The summed E-state index contributed by atoms with van der Waals surface area (Å²) in [4.78, 5) is 14.5. The van der Waals surface area contributed by atoms with Crippen molar-refractivity contribution in [3.63, 3.8) is 0 Å². The number of ketones is 1. The van der Waals surface area contributed by atoms with E-state index >= 15 is 0 Å². The van der Waals surface area contributed by atoms with Crippen molar-refractivity contribution in [1.82, 2.24) is 14.7 Å². The number of aromatic nitrogens is 2. The molecule has 1 fully saturated rings. The fraction of sp³-hybridized carbons (Fsp3) is 0.667. The highest BCUT2D eigenvalue weighted by atomic mass is 35.5. The van der Waals surface area contributed by atoms with Gasteiger partial charge in [0, 0.05) is 20.2 Å². The molecule has 2 rings (SSSR count). The molecule has 7 heteroatoms. The molecule has 0 spiro atoms. The highest BCUT2D eigenvalue weighted by Gasteiger charge is 2.30. The van der Waals surface area contributed by atoms with E-state index in [0.717, 1.165) is 6.54 Å². The van der Waals surface area contributed by atoms with Crippen molar-refractivity contribution < 1.29 is 14.3 Å². The first-order valence-electron chi connectivity index (χ1n) is 6.18. The average molecular weight is 288 g/mol. The monoisotopic (exact) mass is 287 g/mol. The quantitative estimate of drug-likeness (QED) is 0.746. The lowest BCUT2D eigenvalue weighted by molar-refractivity contribution is -0.00923. The molecule has 0 amide bonds. The van der Waals surface area contributed by atoms with E-state index in [9.17, 15) is 4.79 Å². The smallest absolute Gasteiger partial charge is 0.212 e. The third-order valence-electron chi connectivity index (χ3n) is 3.10. The predicted octanol–water partition coefficient (Wildman–Crippen LogP) is 0.696. The summed E-state index contributed by atoms with van der Waals surface area (Å²) in [5, 5.41) is 4.46. The maximum absolute atomic E-state index is 12.5. The van der Waals surface area contributed by atoms with Crippen LogP contribution < -0.4 is 0 Å². The number of morpholine rings is 1. The summed E-state index contributed by atoms with van der Waals surface area (Å²) in [5.74, 6) is -0.120. The Balaban J connectivity index is 2.15. The fourth-order valence-corrected chi connectivity index (χ4v) is 2.28. The van der Waals surface area contributed by atoms with Gasteiger partial charge in [0.05, 0.1) is 31.0 Å². The largest absolute Gasteiger partial charge is 0.383 e. The second-order valence-electron chi connectivity index (χ2n) is 4.54. The van der Waals surface area contributed by atoms with Gasteiger partial charge in [-0.15, -0.1) is 0 Å². The molecule has 1 unspecified atom stereocenters. The highest BCUT2D eigenvalue weighted by Crippen LogP contribution is 2.19. The van der Waals surface area contributed by atoms with Crippen LogP contribution in [0.3, 0.4) is 0 Å². The average Bonchev–Trinajstić information content (AvgIpc) is 2.76. The van der Waals surface area contributed by atoms with Gasteiger partial charge in [-0.05, 0) is 7.05 Å². The number of ether oxygens (including phenoxy) is 2. The molecule has 1 aliphatic rings. The summed E-state index contributed by atoms with van der Waals surface area (Å²) < 4.78 is 12.1. The van der Waals surface area contributed by atoms with Gasteiger partial charge in [0.15, 0.2) is 0 Å². The van der Waals surface area contributed by atoms with Gasteiger partial charge in [0.25, 0.3) is 0 Å². The molecule has 2 heterocycles. The van der Waals surface area contributed by atoms with Crippen molar-refractivity contribution >= 4 is 17.4 Å². The van der Waals surface area contributed by atoms with Crippen LogP contribution in [0.5, 0.6) is 0 Å². The molecule has 1 aromatic rings. The second-order valence-corrected chi connectivity index (χ2v) is 4.95. The Bertz CT molecular complexity index is 449. The molecule has 106 valence electrons. The topological polar surface area (TPSA) is 56.6 Å². The summed E-state index contributed by atoms with van der Waals surface area (Å²) in [5.41, 5.74) is 0.402. The third kappa shape index (κ3) is 3.33. The maximum Gasteiger partial charge on any atom is 0.212 e. The summed E-state index contributed by atoms with van der Waals surface area (Å²) in [7, 11) is 3.57. The van der Waals surface area contributed by atoms with E-state index in [-0.39, 0.29) is 5.78 Å². The molecule has 0 aromatic carbocycles. The standard InChI is InChI=1S/C12H18ClN3O3/c1-15-3-6-19-10(8-15)12(17)11-9(13)7-14-16(11)4-5-18-2/h7,10H,3-6,8H2,1-2H3. The van der Waals surface area contributed by atoms with Crippen molar-refractivity contribution in [3.8, 4) is 0 Å². The first-order chi connectivity index (χ1) is 9.13. The van der Waals surface area contributed by atoms with E-state index in [2.05, 4.69) is 10.00 Å². The molecular formula is C12H18ClN3O3. The maximum atomic E-state index is 12.5. The zero-order valence-electron chi connectivity index (χ0n) is 11.1. The van der Waals surface area contributed by atoms with E-state index in [4.69, 9.17) is 21.1 Å². The summed E-state index contributed by atoms with van der Waals surface area (Å²) in [6, 6.07) is 0. The van der Waals surface area contributed by atoms with Gasteiger partial charge < -0.3 is 14.4 Å². The van der Waals surface area contributed by atoms with Crippen molar-refractivity contribution in [2.75, 3.05) is 40.5 Å². The Hall–Kier alpha value is -0.950. The van der Waals surface area contributed by atoms with Crippen molar-refractivity contribution in [2.45, 2.75) is 12.6 Å². The number of carbonyl (C=O) groups is 1. The lowest BCUT2D eigenvalue weighted by Gasteiger charge is -2.29. The zero-order chi connectivity index (χ0) is 13.8. The highest BCUT2D eigenvalue weighted by molar-refractivity contribution is 6.33. The van der Waals surface area contributed by atoms with Crippen molar-refractivity contribution in [3.05, 3.63) is 16.9 Å². The molecule has 1 saturated heterocycles. The normalized spacial score (nSPS) is 20.7. The molecule has 1 atom stereocenters. The lowest BCUT2D eigenvalue weighted by atomic mass is 10.1. The van der Waals surface area contributed by atoms with Crippen LogP contribution >= 0.6 is 11.6 Å². The van der Waals surface area contributed by atoms with E-state index in [1.165, 1.54) is 6.20 Å². The molecule has 1 aliphatic heterocycles. The molecule has 0 bridgehead atoms. The van der Waals surface area contributed by atoms with Gasteiger partial charge in [-0.3, -0.25) is 9.48 Å². The number of carbonyl (C=O) groups excluding carboxylic acids is 1. The minimum atomic E-state index is -0.478. The first kappa shape index (κ1) is 14.5. The molecule has 0 aliphatic carbocycles. The van der Waals surface area contributed by atoms with Crippen LogP contribution in [0, 0.1) is 0 Å². The first-order valence-corrected chi connectivity index (χ1v) is 6.56. The number of Topliss-reactive ketones (excluding diaryl/α,β-unsaturated/α-hetero) is 1. The number of hydrogen-bond acceptors (Lipinski definition) is 5. The van der Waals surface area contributed by atoms with Crippen LogP contribution in [0.4, 0.5) is 0 Å². The predicted molar refractivity (Wildman–Crippen MR) is 70.7 cm³/mol. The van der Waals surface area contributed by atoms with Crippen LogP contribution in [0.2, 0.25) is 5.02 Å². The minimum absolute atomic E-state index is 0.120. The van der Waals surface area contributed by atoms with Crippen LogP contribution in [0.15, 0.2) is 6.20 Å². The van der Waals surface area contributed by atoms with E-state index in [1.807, 2.05) is 7.05 Å². The van der Waals surface area contributed by atoms with Gasteiger partial charge in [0.1, 0.15) is 11.8 Å². The molecule has 0 saturated carbocycles. The number of halogens is 1. The Labute approximate surface area is 117 Å². The number of likely N-dealkylation sites (N-methyl/N-ethyl adjacent to an activating group) is 1. The fourth-order valence-electron chi connectivity index (χ4n) is 2.04. The summed E-state index contributed by atoms with van der Waals surface area (Å²) >= 11 is 6.06. The van der Waals surface area contributed by atoms with Gasteiger partial charge in [-0.1, -0.05) is 11.6 Å². The zero-order valence-corrected chi connectivity index (χ0v) is 11.9. The van der Waals surface area contributed by atoms with Crippen LogP contribution in [-0.4, -0.2) is 67.0 Å². The minimum Gasteiger partial charge on any atom is -0.383 e. The lowest BCUT2D eigenvalue weighted by Crippen LogP contribution is -2.44. The van der Waals surface area contributed by atoms with E-state index in [0.29, 0.717) is 37.0 Å². The molecule has 19 heavy (non-hydrogen) atoms. The molecular weight excluding hydrogens is 270 g/mol. The SMILES string of the molecule is COCCn1ncc(Cl)c1C(=O)C1CN(C)CCO1. The van der Waals surface area contributed by atoms with Crippen LogP contribution in [-0.2, 0) is 16.0 Å². The number of rotatable bonds is 5.